The van der Waals surface area contributed by atoms with Gasteiger partial charge >= 0.3 is 0 Å². The molecule has 2 aromatic rings. The van der Waals surface area contributed by atoms with E-state index in [4.69, 9.17) is 9.68 Å². The highest BCUT2D eigenvalue weighted by molar-refractivity contribution is 5.73. The van der Waals surface area contributed by atoms with E-state index in [0.717, 1.165) is 37.0 Å². The van der Waals surface area contributed by atoms with Crippen LogP contribution < -0.4 is 0 Å². The zero-order chi connectivity index (χ0) is 13.7. The number of unbranched alkanes of at least 4 members (excludes halogenated alkanes) is 1. The number of hydrogen-bond donors (Lipinski definition) is 0. The lowest BCUT2D eigenvalue weighted by atomic mass is 10.1. The van der Waals surface area contributed by atoms with Crippen LogP contribution >= 0.6 is 0 Å². The van der Waals surface area contributed by atoms with Gasteiger partial charge in [0.1, 0.15) is 5.52 Å². The molecule has 1 heterocycles. The number of nitriles is 1. The Labute approximate surface area is 113 Å². The van der Waals surface area contributed by atoms with Gasteiger partial charge in [-0.05, 0) is 44.1 Å². The van der Waals surface area contributed by atoms with E-state index >= 15 is 0 Å². The number of oxazole rings is 1. The van der Waals surface area contributed by atoms with E-state index in [9.17, 15) is 0 Å². The van der Waals surface area contributed by atoms with Crippen molar-refractivity contribution >= 4 is 11.1 Å². The van der Waals surface area contributed by atoms with Crippen molar-refractivity contribution in [1.82, 2.24) is 9.88 Å². The first-order chi connectivity index (χ1) is 9.19. The molecule has 0 aliphatic heterocycles. The summed E-state index contributed by atoms with van der Waals surface area (Å²) in [5, 5.41) is 8.51. The van der Waals surface area contributed by atoms with Crippen LogP contribution in [-0.4, -0.2) is 30.0 Å². The topological polar surface area (TPSA) is 53.1 Å². The van der Waals surface area contributed by atoms with Gasteiger partial charge in [-0.2, -0.15) is 5.26 Å². The van der Waals surface area contributed by atoms with E-state index < -0.39 is 0 Å². The third-order valence-electron chi connectivity index (χ3n) is 3.17. The fourth-order valence-corrected chi connectivity index (χ4v) is 2.10. The number of rotatable bonds is 6. The molecule has 1 aromatic carbocycles. The number of likely N-dealkylation sites (N-methyl/N-ethyl adjacent to an activating group) is 1. The first-order valence-electron chi connectivity index (χ1n) is 6.60. The molecule has 0 bridgehead atoms. The van der Waals surface area contributed by atoms with Crippen LogP contribution in [0.25, 0.3) is 11.1 Å². The van der Waals surface area contributed by atoms with Crippen LogP contribution in [0.2, 0.25) is 0 Å². The predicted molar refractivity (Wildman–Crippen MR) is 74.8 cm³/mol. The van der Waals surface area contributed by atoms with Crippen molar-refractivity contribution in [2.75, 3.05) is 20.1 Å². The molecule has 0 N–H and O–H groups in total. The standard InChI is InChI=1S/C15H19N3O/c1-12-17-14-11-13(5-6-15(14)19-12)7-10-18(2)9-4-3-8-16/h5-6,11H,3-4,7,9-10H2,1-2H3. The number of benzene rings is 1. The highest BCUT2D eigenvalue weighted by atomic mass is 16.3. The summed E-state index contributed by atoms with van der Waals surface area (Å²) in [6.07, 6.45) is 2.56. The van der Waals surface area contributed by atoms with Crippen LogP contribution in [0, 0.1) is 18.3 Å². The molecule has 0 spiro atoms. The minimum Gasteiger partial charge on any atom is -0.441 e. The summed E-state index contributed by atoms with van der Waals surface area (Å²) in [6.45, 7) is 3.83. The molecular weight excluding hydrogens is 238 g/mol. The van der Waals surface area contributed by atoms with Gasteiger partial charge in [-0.25, -0.2) is 4.98 Å². The smallest absolute Gasteiger partial charge is 0.192 e. The van der Waals surface area contributed by atoms with Crippen molar-refractivity contribution < 1.29 is 4.42 Å². The molecule has 0 amide bonds. The highest BCUT2D eigenvalue weighted by Gasteiger charge is 2.04. The lowest BCUT2D eigenvalue weighted by molar-refractivity contribution is 0.335. The molecule has 0 atom stereocenters. The van der Waals surface area contributed by atoms with Gasteiger partial charge in [-0.1, -0.05) is 6.07 Å². The monoisotopic (exact) mass is 257 g/mol. The maximum Gasteiger partial charge on any atom is 0.192 e. The summed E-state index contributed by atoms with van der Waals surface area (Å²) >= 11 is 0. The minimum absolute atomic E-state index is 0.633. The Morgan fingerprint density at radius 2 is 2.21 bits per heavy atom. The van der Waals surface area contributed by atoms with E-state index in [1.54, 1.807) is 0 Å². The number of fused-ring (bicyclic) bond motifs is 1. The van der Waals surface area contributed by atoms with E-state index in [2.05, 4.69) is 35.1 Å². The Bertz CT molecular complexity index is 583. The van der Waals surface area contributed by atoms with Crippen molar-refractivity contribution in [3.8, 4) is 6.07 Å². The molecule has 19 heavy (non-hydrogen) atoms. The van der Waals surface area contributed by atoms with Crippen LogP contribution in [0.3, 0.4) is 0 Å². The SMILES string of the molecule is Cc1nc2cc(CCN(C)CCCC#N)ccc2o1. The largest absolute Gasteiger partial charge is 0.441 e. The summed E-state index contributed by atoms with van der Waals surface area (Å²) in [7, 11) is 2.09. The maximum atomic E-state index is 8.51. The summed E-state index contributed by atoms with van der Waals surface area (Å²) < 4.78 is 5.46. The first-order valence-corrected chi connectivity index (χ1v) is 6.60. The van der Waals surface area contributed by atoms with Gasteiger partial charge in [0.15, 0.2) is 11.5 Å². The Morgan fingerprint density at radius 1 is 1.37 bits per heavy atom. The van der Waals surface area contributed by atoms with Crippen LogP contribution in [0.15, 0.2) is 22.6 Å². The van der Waals surface area contributed by atoms with Crippen LogP contribution in [-0.2, 0) is 6.42 Å². The molecule has 100 valence electrons. The van der Waals surface area contributed by atoms with Gasteiger partial charge in [0, 0.05) is 19.9 Å². The Hall–Kier alpha value is -1.86. The van der Waals surface area contributed by atoms with Crippen molar-refractivity contribution in [3.05, 3.63) is 29.7 Å². The zero-order valence-electron chi connectivity index (χ0n) is 11.5. The molecule has 1 aromatic heterocycles. The second-order valence-electron chi connectivity index (χ2n) is 4.85. The highest BCUT2D eigenvalue weighted by Crippen LogP contribution is 2.17. The fraction of sp³-hybridized carbons (Fsp3) is 0.467. The molecule has 0 radical (unpaired) electrons. The molecule has 2 rings (SSSR count). The summed E-state index contributed by atoms with van der Waals surface area (Å²) in [4.78, 5) is 6.60. The third-order valence-corrected chi connectivity index (χ3v) is 3.17. The molecule has 0 saturated heterocycles. The van der Waals surface area contributed by atoms with Gasteiger partial charge in [-0.15, -0.1) is 0 Å². The lowest BCUT2D eigenvalue weighted by Gasteiger charge is -2.15. The van der Waals surface area contributed by atoms with Crippen LogP contribution in [0.5, 0.6) is 0 Å². The summed E-state index contributed by atoms with van der Waals surface area (Å²) in [5.74, 6) is 0.709. The predicted octanol–water partition coefficient (Wildman–Crippen LogP) is 2.91. The first kappa shape index (κ1) is 13.6. The molecule has 4 heteroatoms. The number of aryl methyl sites for hydroxylation is 1. The Morgan fingerprint density at radius 3 is 3.00 bits per heavy atom. The Kier molecular flexibility index (Phi) is 4.53. The van der Waals surface area contributed by atoms with E-state index in [1.807, 2.05) is 13.0 Å². The molecular formula is C15H19N3O. The molecule has 0 unspecified atom stereocenters. The number of hydrogen-bond acceptors (Lipinski definition) is 4. The quantitative estimate of drug-likeness (QED) is 0.747. The van der Waals surface area contributed by atoms with Gasteiger partial charge in [0.05, 0.1) is 6.07 Å². The van der Waals surface area contributed by atoms with Gasteiger partial charge < -0.3 is 9.32 Å². The minimum atomic E-state index is 0.633. The lowest BCUT2D eigenvalue weighted by Crippen LogP contribution is -2.22. The van der Waals surface area contributed by atoms with Gasteiger partial charge in [0.25, 0.3) is 0 Å². The fourth-order valence-electron chi connectivity index (χ4n) is 2.10. The van der Waals surface area contributed by atoms with E-state index in [-0.39, 0.29) is 0 Å². The van der Waals surface area contributed by atoms with Crippen molar-refractivity contribution in [2.45, 2.75) is 26.2 Å². The maximum absolute atomic E-state index is 8.51. The van der Waals surface area contributed by atoms with E-state index in [0.29, 0.717) is 12.3 Å². The van der Waals surface area contributed by atoms with Crippen LogP contribution in [0.4, 0.5) is 0 Å². The van der Waals surface area contributed by atoms with Crippen molar-refractivity contribution in [3.63, 3.8) is 0 Å². The molecule has 0 fully saturated rings. The van der Waals surface area contributed by atoms with Gasteiger partial charge in [-0.3, -0.25) is 0 Å². The average Bonchev–Trinajstić information content (AvgIpc) is 2.76. The second kappa shape index (κ2) is 6.35. The molecule has 0 aliphatic carbocycles. The molecule has 4 nitrogen and oxygen atoms in total. The second-order valence-corrected chi connectivity index (χ2v) is 4.85. The van der Waals surface area contributed by atoms with Gasteiger partial charge in [0.2, 0.25) is 0 Å². The number of nitrogens with zero attached hydrogens (tertiary/aromatic N) is 3. The summed E-state index contributed by atoms with van der Waals surface area (Å²) in [5.41, 5.74) is 3.05. The van der Waals surface area contributed by atoms with Crippen molar-refractivity contribution in [2.24, 2.45) is 0 Å². The zero-order valence-corrected chi connectivity index (χ0v) is 11.5. The normalized spacial score (nSPS) is 11.1. The van der Waals surface area contributed by atoms with Crippen LogP contribution in [0.1, 0.15) is 24.3 Å². The van der Waals surface area contributed by atoms with E-state index in [1.165, 1.54) is 5.56 Å². The Balaban J connectivity index is 1.89. The van der Waals surface area contributed by atoms with Crippen molar-refractivity contribution in [1.29, 1.82) is 5.26 Å². The molecule has 0 saturated carbocycles. The molecule has 0 aliphatic rings. The average molecular weight is 257 g/mol. The summed E-state index contributed by atoms with van der Waals surface area (Å²) in [6, 6.07) is 8.35. The third kappa shape index (κ3) is 3.80. The number of aromatic nitrogens is 1.